The zero-order valence-corrected chi connectivity index (χ0v) is 23.7. The van der Waals surface area contributed by atoms with Gasteiger partial charge in [-0.05, 0) is 71.8 Å². The molecule has 1 amide bonds. The highest BCUT2D eigenvalue weighted by Crippen LogP contribution is 2.38. The van der Waals surface area contributed by atoms with Crippen LogP contribution in [-0.4, -0.2) is 56.4 Å². The minimum absolute atomic E-state index is 0.0951. The van der Waals surface area contributed by atoms with Gasteiger partial charge in [-0.1, -0.05) is 36.4 Å². The van der Waals surface area contributed by atoms with Crippen molar-refractivity contribution in [2.24, 2.45) is 4.99 Å². The van der Waals surface area contributed by atoms with Crippen molar-refractivity contribution in [3.05, 3.63) is 101 Å². The van der Waals surface area contributed by atoms with Gasteiger partial charge in [-0.15, -0.1) is 6.58 Å². The number of amides is 1. The summed E-state index contributed by atoms with van der Waals surface area (Å²) in [7, 11) is 3.37. The molecule has 2 aliphatic heterocycles. The Labute approximate surface area is 239 Å². The van der Waals surface area contributed by atoms with E-state index in [1.807, 2.05) is 66.7 Å². The molecule has 40 heavy (non-hydrogen) atoms. The summed E-state index contributed by atoms with van der Waals surface area (Å²) in [4.78, 5) is 22.4. The standard InChI is InChI=1S/C32H33N3O4S/c1-4-8-25-19-24(20-28(37-3)30(25)39-22-23-9-6-5-7-10-23)21-29-31(36)34(2)32(40-29)33-26-11-13-27(14-12-26)35-15-17-38-18-16-35/h4-7,9-14,19-21H,1,8,15-18,22H2,2-3H3/b29-21-,33-32?. The van der Waals surface area contributed by atoms with Crippen molar-refractivity contribution < 1.29 is 19.0 Å². The zero-order valence-electron chi connectivity index (χ0n) is 22.8. The third-order valence-corrected chi connectivity index (χ3v) is 7.78. The zero-order chi connectivity index (χ0) is 27.9. The fraction of sp³-hybridized carbons (Fsp3) is 0.250. The Morgan fingerprint density at radius 2 is 1.82 bits per heavy atom. The minimum atomic E-state index is -0.0951. The highest BCUT2D eigenvalue weighted by atomic mass is 32.2. The normalized spacial score (nSPS) is 17.5. The number of allylic oxidation sites excluding steroid dienone is 1. The summed E-state index contributed by atoms with van der Waals surface area (Å²) in [5, 5.41) is 0.636. The number of ether oxygens (including phenoxy) is 3. The van der Waals surface area contributed by atoms with Crippen molar-refractivity contribution in [1.29, 1.82) is 0 Å². The van der Waals surface area contributed by atoms with Gasteiger partial charge < -0.3 is 19.1 Å². The van der Waals surface area contributed by atoms with E-state index in [1.54, 1.807) is 19.1 Å². The molecule has 0 unspecified atom stereocenters. The van der Waals surface area contributed by atoms with Crippen molar-refractivity contribution in [3.63, 3.8) is 0 Å². The maximum Gasteiger partial charge on any atom is 0.266 e. The first-order valence-electron chi connectivity index (χ1n) is 13.2. The predicted molar refractivity (Wildman–Crippen MR) is 163 cm³/mol. The third kappa shape index (κ3) is 6.41. The van der Waals surface area contributed by atoms with E-state index < -0.39 is 0 Å². The van der Waals surface area contributed by atoms with Crippen LogP contribution in [0.4, 0.5) is 11.4 Å². The molecule has 8 heteroatoms. The third-order valence-electron chi connectivity index (χ3n) is 6.72. The van der Waals surface area contributed by atoms with E-state index >= 15 is 0 Å². The Kier molecular flexibility index (Phi) is 8.88. The molecule has 2 fully saturated rings. The average Bonchev–Trinajstić information content (AvgIpc) is 3.25. The molecule has 3 aromatic rings. The van der Waals surface area contributed by atoms with Gasteiger partial charge in [0, 0.05) is 31.4 Å². The summed E-state index contributed by atoms with van der Waals surface area (Å²) in [5.74, 6) is 1.20. The van der Waals surface area contributed by atoms with Crippen molar-refractivity contribution in [3.8, 4) is 11.5 Å². The van der Waals surface area contributed by atoms with Crippen LogP contribution in [0.15, 0.2) is 89.3 Å². The molecule has 0 atom stereocenters. The number of benzene rings is 3. The van der Waals surface area contributed by atoms with Gasteiger partial charge in [0.05, 0.1) is 30.9 Å². The number of anilines is 1. The molecule has 2 aliphatic rings. The summed E-state index contributed by atoms with van der Waals surface area (Å²) >= 11 is 1.36. The van der Waals surface area contributed by atoms with Crippen LogP contribution in [0.25, 0.3) is 6.08 Å². The Morgan fingerprint density at radius 1 is 1.07 bits per heavy atom. The van der Waals surface area contributed by atoms with Crippen molar-refractivity contribution in [2.45, 2.75) is 13.0 Å². The minimum Gasteiger partial charge on any atom is -0.493 e. The first-order chi connectivity index (χ1) is 19.6. The van der Waals surface area contributed by atoms with Crippen LogP contribution in [0.2, 0.25) is 0 Å². The van der Waals surface area contributed by atoms with E-state index in [4.69, 9.17) is 19.2 Å². The summed E-state index contributed by atoms with van der Waals surface area (Å²) in [5.41, 5.74) is 4.81. The van der Waals surface area contributed by atoms with Crippen LogP contribution < -0.4 is 14.4 Å². The smallest absolute Gasteiger partial charge is 0.266 e. The molecule has 206 valence electrons. The number of thioether (sulfide) groups is 1. The largest absolute Gasteiger partial charge is 0.493 e. The second kappa shape index (κ2) is 12.9. The topological polar surface area (TPSA) is 63.6 Å². The molecule has 7 nitrogen and oxygen atoms in total. The molecule has 0 spiro atoms. The maximum absolute atomic E-state index is 13.1. The molecule has 5 rings (SSSR count). The number of methoxy groups -OCH3 is 1. The summed E-state index contributed by atoms with van der Waals surface area (Å²) < 4.78 is 17.3. The number of morpholine rings is 1. The van der Waals surface area contributed by atoms with Gasteiger partial charge in [0.1, 0.15) is 6.61 Å². The second-order valence-corrected chi connectivity index (χ2v) is 10.5. The Balaban J connectivity index is 1.36. The lowest BCUT2D eigenvalue weighted by atomic mass is 10.0. The molecule has 0 aliphatic carbocycles. The number of carbonyl (C=O) groups is 1. The van der Waals surface area contributed by atoms with Crippen molar-refractivity contribution >= 4 is 40.3 Å². The summed E-state index contributed by atoms with van der Waals surface area (Å²) in [6, 6.07) is 22.0. The van der Waals surface area contributed by atoms with Gasteiger partial charge in [-0.2, -0.15) is 0 Å². The molecule has 2 saturated heterocycles. The first kappa shape index (κ1) is 27.6. The van der Waals surface area contributed by atoms with Gasteiger partial charge >= 0.3 is 0 Å². The molecule has 0 bridgehead atoms. The Morgan fingerprint density at radius 3 is 2.52 bits per heavy atom. The number of hydrogen-bond donors (Lipinski definition) is 0. The molecular formula is C32H33N3O4S. The number of aliphatic imine (C=N–C) groups is 1. The van der Waals surface area contributed by atoms with Gasteiger partial charge in [-0.25, -0.2) is 4.99 Å². The second-order valence-electron chi connectivity index (χ2n) is 9.46. The summed E-state index contributed by atoms with van der Waals surface area (Å²) in [6.07, 6.45) is 4.31. The highest BCUT2D eigenvalue weighted by molar-refractivity contribution is 8.18. The van der Waals surface area contributed by atoms with Crippen LogP contribution in [0.5, 0.6) is 11.5 Å². The molecule has 0 saturated carbocycles. The lowest BCUT2D eigenvalue weighted by Gasteiger charge is -2.28. The molecule has 3 aromatic carbocycles. The number of rotatable bonds is 9. The molecule has 2 heterocycles. The van der Waals surface area contributed by atoms with E-state index in [0.29, 0.717) is 34.6 Å². The van der Waals surface area contributed by atoms with Gasteiger partial charge in [0.15, 0.2) is 16.7 Å². The lowest BCUT2D eigenvalue weighted by Crippen LogP contribution is -2.36. The van der Waals surface area contributed by atoms with Crippen LogP contribution in [-0.2, 0) is 22.6 Å². The van der Waals surface area contributed by atoms with Crippen LogP contribution in [0, 0.1) is 0 Å². The predicted octanol–water partition coefficient (Wildman–Crippen LogP) is 6.07. The fourth-order valence-corrected chi connectivity index (χ4v) is 5.58. The molecule has 0 radical (unpaired) electrons. The Bertz CT molecular complexity index is 1410. The number of hydrogen-bond acceptors (Lipinski definition) is 7. The van der Waals surface area contributed by atoms with Crippen LogP contribution >= 0.6 is 11.8 Å². The number of amidine groups is 1. The van der Waals surface area contributed by atoms with Crippen molar-refractivity contribution in [2.75, 3.05) is 45.4 Å². The molecule has 0 N–H and O–H groups in total. The lowest BCUT2D eigenvalue weighted by molar-refractivity contribution is -0.121. The van der Waals surface area contributed by atoms with E-state index in [0.717, 1.165) is 54.4 Å². The maximum atomic E-state index is 13.1. The highest BCUT2D eigenvalue weighted by Gasteiger charge is 2.30. The van der Waals surface area contributed by atoms with Crippen LogP contribution in [0.3, 0.4) is 0 Å². The monoisotopic (exact) mass is 555 g/mol. The number of nitrogens with zero attached hydrogens (tertiary/aromatic N) is 3. The van der Waals surface area contributed by atoms with Gasteiger partial charge in [-0.3, -0.25) is 9.69 Å². The van der Waals surface area contributed by atoms with E-state index in [1.165, 1.54) is 11.8 Å². The number of carbonyl (C=O) groups excluding carboxylic acids is 1. The average molecular weight is 556 g/mol. The van der Waals surface area contributed by atoms with Crippen molar-refractivity contribution in [1.82, 2.24) is 4.90 Å². The van der Waals surface area contributed by atoms with Crippen LogP contribution in [0.1, 0.15) is 16.7 Å². The molecular weight excluding hydrogens is 522 g/mol. The fourth-order valence-electron chi connectivity index (χ4n) is 4.59. The van der Waals surface area contributed by atoms with E-state index in [-0.39, 0.29) is 5.91 Å². The molecule has 0 aromatic heterocycles. The van der Waals surface area contributed by atoms with E-state index in [9.17, 15) is 4.79 Å². The van der Waals surface area contributed by atoms with Gasteiger partial charge in [0.2, 0.25) is 0 Å². The van der Waals surface area contributed by atoms with E-state index in [2.05, 4.69) is 23.6 Å². The summed E-state index contributed by atoms with van der Waals surface area (Å²) in [6.45, 7) is 7.58. The quantitative estimate of drug-likeness (QED) is 0.236. The Hall–Kier alpha value is -4.01. The van der Waals surface area contributed by atoms with Gasteiger partial charge in [0.25, 0.3) is 5.91 Å². The number of likely N-dealkylation sites (N-methyl/N-ethyl adjacent to an activating group) is 1. The first-order valence-corrected chi connectivity index (χ1v) is 14.0. The SMILES string of the molecule is C=CCc1cc(/C=C2\SC(=Nc3ccc(N4CCOCC4)cc3)N(C)C2=O)cc(OC)c1OCc1ccccc1.